The Kier molecular flexibility index (Phi) is 18.5. The second kappa shape index (κ2) is 22.4. The Morgan fingerprint density at radius 2 is 0.787 bits per heavy atom. The predicted octanol–water partition coefficient (Wildman–Crippen LogP) is -10.6. The summed E-state index contributed by atoms with van der Waals surface area (Å²) in [6.45, 7) is -5.08. The molecule has 0 saturated carbocycles. The molecule has 0 aromatic rings. The zero-order chi connectivity index (χ0) is 44.9. The van der Waals surface area contributed by atoms with Gasteiger partial charge in [-0.1, -0.05) is 5.11 Å². The molecule has 5 aliphatic heterocycles. The van der Waals surface area contributed by atoms with Crippen LogP contribution in [0.2, 0.25) is 0 Å². The molecule has 5 fully saturated rings. The normalized spacial score (nSPS) is 49.6. The molecule has 29 heteroatoms. The van der Waals surface area contributed by atoms with Crippen LogP contribution >= 0.6 is 0 Å². The second-order valence-corrected chi connectivity index (χ2v) is 14.8. The Morgan fingerprint density at radius 1 is 0.393 bits per heavy atom. The molecule has 0 aromatic heterocycles. The standard InChI is InChI=1S/C32H55N3O26/c33-35-34-1-2-52-28-24(51)25(59-32-27(21(48)16(43)11(6-39)57-32)61-30-23(50)19(46)14(41)9(4-37)55-30)17(44)12(58-28)7-53-31-26(20(47)15(42)10(5-38)56-31)60-29-22(49)18(45)13(40)8(3-36)54-29/h8-32,36-51H,1-7H2/t8-,9-,10-,11-,12-,13-,14-,15-,16-,17-,18+,19+,20+,21+,22+,23+,24+,25+,26+,27+,28+,29-,30-,31+,32-/m1/s1. The van der Waals surface area contributed by atoms with E-state index in [0.29, 0.717) is 0 Å². The smallest absolute Gasteiger partial charge is 0.187 e. The van der Waals surface area contributed by atoms with Crippen molar-refractivity contribution in [2.45, 2.75) is 154 Å². The summed E-state index contributed by atoms with van der Waals surface area (Å²) in [6.07, 6.45) is -46.4. The fourth-order valence-electron chi connectivity index (χ4n) is 7.25. The molecular weight excluding hydrogens is 842 g/mol. The Labute approximate surface area is 344 Å². The van der Waals surface area contributed by atoms with Gasteiger partial charge in [-0.3, -0.25) is 0 Å². The zero-order valence-corrected chi connectivity index (χ0v) is 32.0. The molecule has 0 bridgehead atoms. The van der Waals surface area contributed by atoms with E-state index in [1.165, 1.54) is 0 Å². The first-order valence-corrected chi connectivity index (χ1v) is 19.1. The van der Waals surface area contributed by atoms with Crippen LogP contribution in [0, 0.1) is 0 Å². The third kappa shape index (κ3) is 11.0. The van der Waals surface area contributed by atoms with Gasteiger partial charge in [-0.05, 0) is 5.53 Å². The first kappa shape index (κ1) is 50.3. The molecule has 0 amide bonds. The summed E-state index contributed by atoms with van der Waals surface area (Å²) < 4.78 is 56.2. The largest absolute Gasteiger partial charge is 0.394 e. The van der Waals surface area contributed by atoms with Gasteiger partial charge in [-0.25, -0.2) is 0 Å². The first-order chi connectivity index (χ1) is 29.0. The van der Waals surface area contributed by atoms with E-state index in [1.54, 1.807) is 0 Å². The lowest BCUT2D eigenvalue weighted by molar-refractivity contribution is -0.392. The van der Waals surface area contributed by atoms with Crippen LogP contribution in [0.1, 0.15) is 0 Å². The van der Waals surface area contributed by atoms with Crippen LogP contribution < -0.4 is 0 Å². The second-order valence-electron chi connectivity index (χ2n) is 14.8. The molecule has 0 radical (unpaired) electrons. The molecule has 5 rings (SSSR count). The molecule has 354 valence electrons. The summed E-state index contributed by atoms with van der Waals surface area (Å²) in [4.78, 5) is 2.59. The maximum atomic E-state index is 11.6. The highest BCUT2D eigenvalue weighted by molar-refractivity contribution is 4.98. The predicted molar refractivity (Wildman–Crippen MR) is 184 cm³/mol. The first-order valence-electron chi connectivity index (χ1n) is 19.1. The fraction of sp³-hybridized carbons (Fsp3) is 1.00. The van der Waals surface area contributed by atoms with E-state index in [1.807, 2.05) is 0 Å². The van der Waals surface area contributed by atoms with E-state index >= 15 is 0 Å². The van der Waals surface area contributed by atoms with Crippen LogP contribution in [0.3, 0.4) is 0 Å². The molecule has 0 aliphatic carbocycles. The van der Waals surface area contributed by atoms with Gasteiger partial charge in [0.2, 0.25) is 0 Å². The lowest BCUT2D eigenvalue weighted by Gasteiger charge is -2.49. The Morgan fingerprint density at radius 3 is 1.25 bits per heavy atom. The highest BCUT2D eigenvalue weighted by atomic mass is 16.8. The van der Waals surface area contributed by atoms with Crippen molar-refractivity contribution in [1.29, 1.82) is 0 Å². The van der Waals surface area contributed by atoms with Gasteiger partial charge < -0.3 is 129 Å². The van der Waals surface area contributed by atoms with E-state index in [-0.39, 0.29) is 6.54 Å². The number of aliphatic hydroxyl groups excluding tert-OH is 16. The highest BCUT2D eigenvalue weighted by Crippen LogP contribution is 2.35. The number of azide groups is 1. The molecule has 0 aromatic carbocycles. The molecule has 5 saturated heterocycles. The van der Waals surface area contributed by atoms with Crippen LogP contribution in [0.15, 0.2) is 5.11 Å². The van der Waals surface area contributed by atoms with Crippen LogP contribution in [0.5, 0.6) is 0 Å². The van der Waals surface area contributed by atoms with Crippen molar-refractivity contribution >= 4 is 0 Å². The molecule has 61 heavy (non-hydrogen) atoms. The van der Waals surface area contributed by atoms with Gasteiger partial charge in [0, 0.05) is 11.5 Å². The summed E-state index contributed by atoms with van der Waals surface area (Å²) >= 11 is 0. The summed E-state index contributed by atoms with van der Waals surface area (Å²) in [5.41, 5.74) is 8.69. The van der Waals surface area contributed by atoms with Crippen molar-refractivity contribution in [3.63, 3.8) is 0 Å². The fourth-order valence-corrected chi connectivity index (χ4v) is 7.25. The molecule has 0 unspecified atom stereocenters. The maximum Gasteiger partial charge on any atom is 0.187 e. The van der Waals surface area contributed by atoms with Gasteiger partial charge in [-0.2, -0.15) is 0 Å². The van der Waals surface area contributed by atoms with Crippen LogP contribution in [-0.2, 0) is 47.4 Å². The summed E-state index contributed by atoms with van der Waals surface area (Å²) in [5, 5.41) is 171. The van der Waals surface area contributed by atoms with Crippen LogP contribution in [-0.4, -0.2) is 281 Å². The Balaban J connectivity index is 1.39. The van der Waals surface area contributed by atoms with E-state index in [2.05, 4.69) is 10.0 Å². The highest BCUT2D eigenvalue weighted by Gasteiger charge is 2.56. The van der Waals surface area contributed by atoms with Crippen molar-refractivity contribution in [3.8, 4) is 0 Å². The monoisotopic (exact) mass is 897 g/mol. The minimum atomic E-state index is -2.06. The minimum absolute atomic E-state index is 0.295. The van der Waals surface area contributed by atoms with Gasteiger partial charge in [0.25, 0.3) is 0 Å². The lowest BCUT2D eigenvalue weighted by atomic mass is 9.96. The van der Waals surface area contributed by atoms with Gasteiger partial charge in [0.1, 0.15) is 122 Å². The topological polar surface area (TPSA) is 465 Å². The number of hydrogen-bond acceptors (Lipinski definition) is 27. The average molecular weight is 898 g/mol. The van der Waals surface area contributed by atoms with Gasteiger partial charge >= 0.3 is 0 Å². The third-order valence-electron chi connectivity index (χ3n) is 10.8. The maximum absolute atomic E-state index is 11.6. The van der Waals surface area contributed by atoms with Crippen molar-refractivity contribution in [2.75, 3.05) is 46.2 Å². The average Bonchev–Trinajstić information content (AvgIpc) is 3.25. The van der Waals surface area contributed by atoms with E-state index in [0.717, 1.165) is 0 Å². The number of aliphatic hydroxyl groups is 16. The summed E-state index contributed by atoms with van der Waals surface area (Å²) in [5.74, 6) is 0. The zero-order valence-electron chi connectivity index (χ0n) is 32.0. The number of nitrogens with zero attached hydrogens (tertiary/aromatic N) is 3. The number of rotatable bonds is 17. The van der Waals surface area contributed by atoms with Gasteiger partial charge in [0.15, 0.2) is 31.5 Å². The minimum Gasteiger partial charge on any atom is -0.394 e. The van der Waals surface area contributed by atoms with E-state index < -0.39 is 193 Å². The molecular formula is C32H55N3O26. The molecule has 5 heterocycles. The molecule has 5 aliphatic rings. The Hall–Kier alpha value is -1.73. The molecule has 0 spiro atoms. The van der Waals surface area contributed by atoms with Crippen molar-refractivity contribution in [3.05, 3.63) is 10.4 Å². The molecule has 29 nitrogen and oxygen atoms in total. The number of hydrogen-bond donors (Lipinski definition) is 16. The summed E-state index contributed by atoms with van der Waals surface area (Å²) in [6, 6.07) is 0. The molecule has 25 atom stereocenters. The van der Waals surface area contributed by atoms with Crippen molar-refractivity contribution in [1.82, 2.24) is 0 Å². The van der Waals surface area contributed by atoms with E-state index in [9.17, 15) is 81.7 Å². The SMILES string of the molecule is [N-]=[N+]=NCCO[C@H]1O[C@H](CO[C@H]2O[C@H](CO)[C@@H](O)[C@H](O)[C@@H]2O[C@H]2O[C@H](CO)[C@@H](O)[C@H](O)[C@@H]2O)[C@@H](O)[C@H](O[C@H]2O[C@H](CO)[C@@H](O)[C@H](O)[C@@H]2O[C@H]2O[C@H](CO)[C@@H](O)[C@H](O)[C@@H]2O)[C@@H]1O. The van der Waals surface area contributed by atoms with Crippen molar-refractivity contribution < 1.29 is 129 Å². The van der Waals surface area contributed by atoms with Gasteiger partial charge in [-0.15, -0.1) is 0 Å². The summed E-state index contributed by atoms with van der Waals surface area (Å²) in [7, 11) is 0. The number of ether oxygens (including phenoxy) is 10. The van der Waals surface area contributed by atoms with Crippen LogP contribution in [0.4, 0.5) is 0 Å². The Bertz CT molecular complexity index is 1390. The quantitative estimate of drug-likeness (QED) is 0.0279. The molecule has 16 N–H and O–H groups in total. The van der Waals surface area contributed by atoms with E-state index in [4.69, 9.17) is 52.9 Å². The van der Waals surface area contributed by atoms with Crippen LogP contribution in [0.25, 0.3) is 10.4 Å². The third-order valence-corrected chi connectivity index (χ3v) is 10.8. The van der Waals surface area contributed by atoms with Crippen molar-refractivity contribution in [2.24, 2.45) is 5.11 Å². The lowest BCUT2D eigenvalue weighted by Crippen LogP contribution is -2.67. The van der Waals surface area contributed by atoms with Gasteiger partial charge in [0.05, 0.1) is 39.6 Å².